The first-order valence-electron chi connectivity index (χ1n) is 7.84. The van der Waals surface area contributed by atoms with Crippen molar-refractivity contribution < 1.29 is 14.5 Å². The van der Waals surface area contributed by atoms with Crippen molar-refractivity contribution in [3.05, 3.63) is 58.6 Å². The van der Waals surface area contributed by atoms with E-state index in [9.17, 15) is 14.9 Å². The molecule has 1 fully saturated rings. The summed E-state index contributed by atoms with van der Waals surface area (Å²) in [6.07, 6.45) is -0.453. The van der Waals surface area contributed by atoms with E-state index in [4.69, 9.17) is 10.5 Å². The minimum Gasteiger partial charge on any atom is -0.410 e. The van der Waals surface area contributed by atoms with Gasteiger partial charge in [-0.2, -0.15) is 0 Å². The molecule has 2 N–H and O–H groups in total. The van der Waals surface area contributed by atoms with Gasteiger partial charge in [0.05, 0.1) is 4.92 Å². The van der Waals surface area contributed by atoms with E-state index >= 15 is 0 Å². The second-order valence-electron chi connectivity index (χ2n) is 5.68. The van der Waals surface area contributed by atoms with Crippen LogP contribution in [0, 0.1) is 10.1 Å². The van der Waals surface area contributed by atoms with Gasteiger partial charge in [0, 0.05) is 49.7 Å². The number of nitrogens with two attached hydrogens (primary N) is 1. The summed E-state index contributed by atoms with van der Waals surface area (Å²) in [7, 11) is 0. The van der Waals surface area contributed by atoms with Crippen molar-refractivity contribution in [3.8, 4) is 5.75 Å². The first-order valence-corrected chi connectivity index (χ1v) is 7.84. The molecule has 1 aliphatic rings. The Morgan fingerprint density at radius 3 is 2.16 bits per heavy atom. The zero-order valence-electron chi connectivity index (χ0n) is 13.5. The normalized spacial score (nSPS) is 14.2. The molecule has 0 atom stereocenters. The Morgan fingerprint density at radius 1 is 1.00 bits per heavy atom. The molecule has 130 valence electrons. The van der Waals surface area contributed by atoms with Crippen molar-refractivity contribution in [3.63, 3.8) is 0 Å². The highest BCUT2D eigenvalue weighted by molar-refractivity contribution is 5.71. The molecule has 0 aliphatic carbocycles. The van der Waals surface area contributed by atoms with E-state index in [0.29, 0.717) is 31.9 Å². The van der Waals surface area contributed by atoms with E-state index in [1.165, 1.54) is 24.3 Å². The third kappa shape index (κ3) is 3.97. The van der Waals surface area contributed by atoms with Crippen LogP contribution in [0.5, 0.6) is 5.75 Å². The fourth-order valence-electron chi connectivity index (χ4n) is 2.63. The number of amides is 1. The molecule has 0 spiro atoms. The zero-order chi connectivity index (χ0) is 17.8. The Balaban J connectivity index is 1.54. The molecule has 3 rings (SSSR count). The van der Waals surface area contributed by atoms with Gasteiger partial charge >= 0.3 is 6.09 Å². The number of benzene rings is 2. The molecule has 8 nitrogen and oxygen atoms in total. The highest BCUT2D eigenvalue weighted by atomic mass is 16.6. The van der Waals surface area contributed by atoms with E-state index in [1.54, 1.807) is 4.90 Å². The molecule has 1 saturated heterocycles. The second kappa shape index (κ2) is 7.08. The monoisotopic (exact) mass is 342 g/mol. The number of carbonyl (C=O) groups is 1. The van der Waals surface area contributed by atoms with Gasteiger partial charge < -0.3 is 20.3 Å². The van der Waals surface area contributed by atoms with Crippen molar-refractivity contribution in [2.24, 2.45) is 0 Å². The summed E-state index contributed by atoms with van der Waals surface area (Å²) in [5.41, 5.74) is 7.43. The number of nitrogen functional groups attached to an aromatic ring is 1. The maximum Gasteiger partial charge on any atom is 0.415 e. The fraction of sp³-hybridized carbons (Fsp3) is 0.235. The SMILES string of the molecule is Nc1ccc(N2CCN(C(=O)Oc3ccc([N+](=O)[O-])cc3)CC2)cc1. The Kier molecular flexibility index (Phi) is 4.69. The molecular weight excluding hydrogens is 324 g/mol. The van der Waals surface area contributed by atoms with Crippen LogP contribution in [0.2, 0.25) is 0 Å². The average Bonchev–Trinajstić information content (AvgIpc) is 2.63. The molecule has 0 aromatic heterocycles. The standard InChI is InChI=1S/C17H18N4O4/c18-13-1-3-14(4-2-13)19-9-11-20(12-10-19)17(22)25-16-7-5-15(6-8-16)21(23)24/h1-8H,9-12,18H2. The molecule has 1 aliphatic heterocycles. The molecule has 0 radical (unpaired) electrons. The Hall–Kier alpha value is -3.29. The number of ether oxygens (including phenoxy) is 1. The Labute approximate surface area is 144 Å². The quantitative estimate of drug-likeness (QED) is 0.522. The third-order valence-electron chi connectivity index (χ3n) is 4.05. The lowest BCUT2D eigenvalue weighted by Crippen LogP contribution is -2.49. The average molecular weight is 342 g/mol. The van der Waals surface area contributed by atoms with Crippen molar-refractivity contribution >= 4 is 23.2 Å². The number of hydrogen-bond acceptors (Lipinski definition) is 6. The summed E-state index contributed by atoms with van der Waals surface area (Å²) in [6.45, 7) is 2.46. The summed E-state index contributed by atoms with van der Waals surface area (Å²) in [6, 6.07) is 13.1. The van der Waals surface area contributed by atoms with Crippen molar-refractivity contribution in [1.29, 1.82) is 0 Å². The minimum atomic E-state index is -0.498. The number of nitrogens with zero attached hydrogens (tertiary/aromatic N) is 3. The van der Waals surface area contributed by atoms with Crippen LogP contribution in [0.15, 0.2) is 48.5 Å². The maximum absolute atomic E-state index is 12.2. The molecule has 0 bridgehead atoms. The summed E-state index contributed by atoms with van der Waals surface area (Å²) >= 11 is 0. The number of nitro groups is 1. The molecule has 25 heavy (non-hydrogen) atoms. The summed E-state index contributed by atoms with van der Waals surface area (Å²) in [5.74, 6) is 0.288. The summed E-state index contributed by atoms with van der Waals surface area (Å²) in [4.78, 5) is 26.1. The van der Waals surface area contributed by atoms with E-state index < -0.39 is 11.0 Å². The molecular formula is C17H18N4O4. The summed E-state index contributed by atoms with van der Waals surface area (Å²) < 4.78 is 5.27. The van der Waals surface area contributed by atoms with Crippen molar-refractivity contribution in [2.45, 2.75) is 0 Å². The lowest BCUT2D eigenvalue weighted by molar-refractivity contribution is -0.384. The van der Waals surface area contributed by atoms with E-state index in [2.05, 4.69) is 4.90 Å². The van der Waals surface area contributed by atoms with Crippen LogP contribution in [0.3, 0.4) is 0 Å². The largest absolute Gasteiger partial charge is 0.415 e. The van der Waals surface area contributed by atoms with Gasteiger partial charge in [-0.3, -0.25) is 10.1 Å². The predicted octanol–water partition coefficient (Wildman–Crippen LogP) is 2.50. The highest BCUT2D eigenvalue weighted by Crippen LogP contribution is 2.20. The molecule has 1 heterocycles. The number of nitro benzene ring substituents is 1. The number of anilines is 2. The van der Waals surface area contributed by atoms with Gasteiger partial charge in [0.1, 0.15) is 5.75 Å². The van der Waals surface area contributed by atoms with Crippen LogP contribution in [-0.2, 0) is 0 Å². The predicted molar refractivity (Wildman–Crippen MR) is 93.8 cm³/mol. The lowest BCUT2D eigenvalue weighted by atomic mass is 10.2. The summed E-state index contributed by atoms with van der Waals surface area (Å²) in [5, 5.41) is 10.6. The van der Waals surface area contributed by atoms with Gasteiger partial charge in [0.25, 0.3) is 5.69 Å². The Morgan fingerprint density at radius 2 is 1.60 bits per heavy atom. The van der Waals surface area contributed by atoms with E-state index in [0.717, 1.165) is 5.69 Å². The van der Waals surface area contributed by atoms with Crippen LogP contribution in [0.25, 0.3) is 0 Å². The lowest BCUT2D eigenvalue weighted by Gasteiger charge is -2.35. The maximum atomic E-state index is 12.2. The number of piperazine rings is 1. The molecule has 1 amide bonds. The number of hydrogen-bond donors (Lipinski definition) is 1. The zero-order valence-corrected chi connectivity index (χ0v) is 13.5. The molecule has 8 heteroatoms. The molecule has 2 aromatic carbocycles. The third-order valence-corrected chi connectivity index (χ3v) is 4.05. The molecule has 2 aromatic rings. The van der Waals surface area contributed by atoms with Crippen LogP contribution >= 0.6 is 0 Å². The van der Waals surface area contributed by atoms with Gasteiger partial charge in [0.2, 0.25) is 0 Å². The Bertz CT molecular complexity index is 753. The first kappa shape index (κ1) is 16.6. The van der Waals surface area contributed by atoms with E-state index in [-0.39, 0.29) is 11.4 Å². The van der Waals surface area contributed by atoms with Crippen molar-refractivity contribution in [2.75, 3.05) is 36.8 Å². The molecule has 0 saturated carbocycles. The van der Waals surface area contributed by atoms with Gasteiger partial charge in [-0.25, -0.2) is 4.79 Å². The first-order chi connectivity index (χ1) is 12.0. The number of carbonyl (C=O) groups excluding carboxylic acids is 1. The number of rotatable bonds is 3. The van der Waals surface area contributed by atoms with Crippen molar-refractivity contribution in [1.82, 2.24) is 4.90 Å². The van der Waals surface area contributed by atoms with Crippen LogP contribution in [-0.4, -0.2) is 42.1 Å². The van der Waals surface area contributed by atoms with Crippen LogP contribution in [0.1, 0.15) is 0 Å². The van der Waals surface area contributed by atoms with Gasteiger partial charge in [-0.1, -0.05) is 0 Å². The molecule has 0 unspecified atom stereocenters. The van der Waals surface area contributed by atoms with Crippen LogP contribution < -0.4 is 15.4 Å². The van der Waals surface area contributed by atoms with Gasteiger partial charge in [-0.05, 0) is 36.4 Å². The van der Waals surface area contributed by atoms with Gasteiger partial charge in [-0.15, -0.1) is 0 Å². The smallest absolute Gasteiger partial charge is 0.410 e. The topological polar surface area (TPSA) is 102 Å². The fourth-order valence-corrected chi connectivity index (χ4v) is 2.63. The van der Waals surface area contributed by atoms with Crippen LogP contribution in [0.4, 0.5) is 21.9 Å². The number of non-ortho nitro benzene ring substituents is 1. The second-order valence-corrected chi connectivity index (χ2v) is 5.68. The minimum absolute atomic E-state index is 0.0445. The highest BCUT2D eigenvalue weighted by Gasteiger charge is 2.23. The van der Waals surface area contributed by atoms with E-state index in [1.807, 2.05) is 24.3 Å². The van der Waals surface area contributed by atoms with Gasteiger partial charge in [0.15, 0.2) is 0 Å².